The van der Waals surface area contributed by atoms with E-state index in [9.17, 15) is 9.59 Å². The average Bonchev–Trinajstić information content (AvgIpc) is 3.12. The van der Waals surface area contributed by atoms with Gasteiger partial charge in [-0.15, -0.1) is 0 Å². The highest BCUT2D eigenvalue weighted by atomic mass is 16.5. The molecule has 1 amide bonds. The van der Waals surface area contributed by atoms with Crippen LogP contribution in [0.3, 0.4) is 0 Å². The van der Waals surface area contributed by atoms with Crippen LogP contribution in [0.25, 0.3) is 22.8 Å². The Bertz CT molecular complexity index is 965. The Hall–Kier alpha value is -3.48. The van der Waals surface area contributed by atoms with E-state index in [1.165, 1.54) is 0 Å². The number of carboxylic acids is 1. The van der Waals surface area contributed by atoms with Crippen LogP contribution in [0.5, 0.6) is 0 Å². The van der Waals surface area contributed by atoms with Gasteiger partial charge in [0.1, 0.15) is 0 Å². The number of hydrogen-bond acceptors (Lipinski definition) is 5. The van der Waals surface area contributed by atoms with Crippen molar-refractivity contribution >= 4 is 17.6 Å². The highest BCUT2D eigenvalue weighted by Crippen LogP contribution is 2.25. The van der Waals surface area contributed by atoms with Crippen molar-refractivity contribution in [1.82, 2.24) is 10.1 Å². The van der Waals surface area contributed by atoms with E-state index in [0.717, 1.165) is 11.1 Å². The summed E-state index contributed by atoms with van der Waals surface area (Å²) in [5.74, 6) is -0.296. The van der Waals surface area contributed by atoms with Gasteiger partial charge < -0.3 is 14.9 Å². The maximum Gasteiger partial charge on any atom is 0.303 e. The van der Waals surface area contributed by atoms with Crippen molar-refractivity contribution in [3.8, 4) is 22.8 Å². The van der Waals surface area contributed by atoms with Gasteiger partial charge in [-0.1, -0.05) is 35.0 Å². The number of aryl methyl sites for hydroxylation is 1. The highest BCUT2D eigenvalue weighted by molar-refractivity contribution is 5.91. The van der Waals surface area contributed by atoms with Gasteiger partial charge in [0.25, 0.3) is 5.89 Å². The maximum atomic E-state index is 11.9. The normalized spacial score (nSPS) is 10.6. The van der Waals surface area contributed by atoms with Crippen LogP contribution in [0.4, 0.5) is 5.69 Å². The first kappa shape index (κ1) is 18.3. The molecule has 0 radical (unpaired) electrons. The lowest BCUT2D eigenvalue weighted by atomic mass is 10.1. The molecule has 0 unspecified atom stereocenters. The Morgan fingerprint density at radius 2 is 1.85 bits per heavy atom. The van der Waals surface area contributed by atoms with Crippen molar-refractivity contribution in [3.63, 3.8) is 0 Å². The number of anilines is 1. The number of carboxylic acid groups (broad SMARTS) is 1. The largest absolute Gasteiger partial charge is 0.481 e. The van der Waals surface area contributed by atoms with Crippen molar-refractivity contribution in [3.05, 3.63) is 54.1 Å². The van der Waals surface area contributed by atoms with Gasteiger partial charge in [0.05, 0.1) is 0 Å². The fourth-order valence-electron chi connectivity index (χ4n) is 2.60. The molecule has 0 saturated heterocycles. The molecule has 0 spiro atoms. The molecule has 1 aromatic heterocycles. The smallest absolute Gasteiger partial charge is 0.303 e. The Morgan fingerprint density at radius 3 is 2.63 bits per heavy atom. The summed E-state index contributed by atoms with van der Waals surface area (Å²) in [6, 6.07) is 14.9. The molecule has 7 nitrogen and oxygen atoms in total. The van der Waals surface area contributed by atoms with E-state index in [1.54, 1.807) is 18.2 Å². The summed E-state index contributed by atoms with van der Waals surface area (Å²) in [6.45, 7) is 1.99. The molecular formula is C20H19N3O4. The molecule has 0 saturated carbocycles. The Labute approximate surface area is 156 Å². The van der Waals surface area contributed by atoms with Crippen LogP contribution in [0.15, 0.2) is 53.1 Å². The first-order valence-electron chi connectivity index (χ1n) is 8.54. The summed E-state index contributed by atoms with van der Waals surface area (Å²) >= 11 is 0. The van der Waals surface area contributed by atoms with E-state index in [1.807, 2.05) is 37.3 Å². The molecule has 27 heavy (non-hydrogen) atoms. The Balaban J connectivity index is 1.70. The quantitative estimate of drug-likeness (QED) is 0.658. The summed E-state index contributed by atoms with van der Waals surface area (Å²) < 4.78 is 5.36. The lowest BCUT2D eigenvalue weighted by Crippen LogP contribution is -2.11. The number of aliphatic carboxylic acids is 1. The zero-order chi connectivity index (χ0) is 19.2. The van der Waals surface area contributed by atoms with Crippen LogP contribution in [-0.2, 0) is 9.59 Å². The van der Waals surface area contributed by atoms with Crippen molar-refractivity contribution in [2.45, 2.75) is 26.2 Å². The lowest BCUT2D eigenvalue weighted by molar-refractivity contribution is -0.137. The van der Waals surface area contributed by atoms with E-state index in [-0.39, 0.29) is 18.7 Å². The Morgan fingerprint density at radius 1 is 1.07 bits per heavy atom. The number of amides is 1. The predicted molar refractivity (Wildman–Crippen MR) is 100 cm³/mol. The lowest BCUT2D eigenvalue weighted by Gasteiger charge is -2.05. The average molecular weight is 365 g/mol. The molecule has 138 valence electrons. The van der Waals surface area contributed by atoms with Crippen molar-refractivity contribution in [1.29, 1.82) is 0 Å². The van der Waals surface area contributed by atoms with E-state index < -0.39 is 5.97 Å². The van der Waals surface area contributed by atoms with Crippen LogP contribution in [0.2, 0.25) is 0 Å². The zero-order valence-electron chi connectivity index (χ0n) is 14.8. The minimum absolute atomic E-state index is 0.0306. The molecule has 0 aliphatic heterocycles. The van der Waals surface area contributed by atoms with Crippen molar-refractivity contribution in [2.75, 3.05) is 5.32 Å². The fraction of sp³-hybridized carbons (Fsp3) is 0.200. The van der Waals surface area contributed by atoms with E-state index in [2.05, 4.69) is 15.5 Å². The molecular weight excluding hydrogens is 346 g/mol. The first-order valence-corrected chi connectivity index (χ1v) is 8.54. The van der Waals surface area contributed by atoms with Gasteiger partial charge >= 0.3 is 5.97 Å². The molecule has 0 atom stereocenters. The number of nitrogens with one attached hydrogen (secondary N) is 1. The monoisotopic (exact) mass is 365 g/mol. The van der Waals surface area contributed by atoms with Gasteiger partial charge in [0, 0.05) is 29.7 Å². The third-order valence-electron chi connectivity index (χ3n) is 3.89. The van der Waals surface area contributed by atoms with Gasteiger partial charge in [0.2, 0.25) is 11.7 Å². The summed E-state index contributed by atoms with van der Waals surface area (Å²) in [5.41, 5.74) is 3.24. The van der Waals surface area contributed by atoms with Gasteiger partial charge in [-0.05, 0) is 37.6 Å². The number of benzene rings is 2. The third-order valence-corrected chi connectivity index (χ3v) is 3.89. The number of carbonyl (C=O) groups is 2. The minimum atomic E-state index is -0.911. The van der Waals surface area contributed by atoms with Crippen LogP contribution in [-0.4, -0.2) is 27.1 Å². The molecule has 0 fully saturated rings. The van der Waals surface area contributed by atoms with Crippen LogP contribution in [0.1, 0.15) is 24.8 Å². The molecule has 7 heteroatoms. The van der Waals surface area contributed by atoms with E-state index in [4.69, 9.17) is 9.63 Å². The van der Waals surface area contributed by atoms with Gasteiger partial charge in [-0.2, -0.15) is 4.98 Å². The van der Waals surface area contributed by atoms with E-state index >= 15 is 0 Å². The summed E-state index contributed by atoms with van der Waals surface area (Å²) in [7, 11) is 0. The molecule has 0 aliphatic carbocycles. The zero-order valence-corrected chi connectivity index (χ0v) is 14.8. The molecule has 0 bridgehead atoms. The highest BCUT2D eigenvalue weighted by Gasteiger charge is 2.12. The van der Waals surface area contributed by atoms with Gasteiger partial charge in [-0.3, -0.25) is 9.59 Å². The molecule has 1 heterocycles. The number of hydrogen-bond donors (Lipinski definition) is 2. The second kappa shape index (κ2) is 8.27. The SMILES string of the molecule is Cc1cccc(-c2noc(-c3cccc(NC(=O)CCCC(=O)O)c3)n2)c1. The van der Waals surface area contributed by atoms with E-state index in [0.29, 0.717) is 29.4 Å². The summed E-state index contributed by atoms with van der Waals surface area (Å²) in [4.78, 5) is 26.8. The minimum Gasteiger partial charge on any atom is -0.481 e. The standard InChI is InChI=1S/C20H19N3O4/c1-13-5-2-6-14(11-13)19-22-20(27-23-19)15-7-3-8-16(12-15)21-17(24)9-4-10-18(25)26/h2-3,5-8,11-12H,4,9-10H2,1H3,(H,21,24)(H,25,26). The molecule has 3 aromatic rings. The van der Waals surface area contributed by atoms with Crippen molar-refractivity contribution in [2.24, 2.45) is 0 Å². The van der Waals surface area contributed by atoms with Crippen molar-refractivity contribution < 1.29 is 19.2 Å². The Kier molecular flexibility index (Phi) is 5.61. The predicted octanol–water partition coefficient (Wildman–Crippen LogP) is 3.91. The summed E-state index contributed by atoms with van der Waals surface area (Å²) in [6.07, 6.45) is 0.413. The van der Waals surface area contributed by atoms with Gasteiger partial charge in [0.15, 0.2) is 0 Å². The number of nitrogens with zero attached hydrogens (tertiary/aromatic N) is 2. The van der Waals surface area contributed by atoms with Crippen LogP contribution >= 0.6 is 0 Å². The fourth-order valence-corrected chi connectivity index (χ4v) is 2.60. The second-order valence-corrected chi connectivity index (χ2v) is 6.17. The number of aromatic nitrogens is 2. The maximum absolute atomic E-state index is 11.9. The second-order valence-electron chi connectivity index (χ2n) is 6.17. The molecule has 2 N–H and O–H groups in total. The van der Waals surface area contributed by atoms with Gasteiger partial charge in [-0.25, -0.2) is 0 Å². The topological polar surface area (TPSA) is 105 Å². The number of rotatable bonds is 7. The first-order chi connectivity index (χ1) is 13.0. The van der Waals surface area contributed by atoms with Crippen LogP contribution < -0.4 is 5.32 Å². The molecule has 3 rings (SSSR count). The molecule has 0 aliphatic rings. The van der Waals surface area contributed by atoms with Crippen LogP contribution in [0, 0.1) is 6.92 Å². The number of carbonyl (C=O) groups excluding carboxylic acids is 1. The summed E-state index contributed by atoms with van der Waals surface area (Å²) in [5, 5.41) is 15.4. The third kappa shape index (κ3) is 5.01. The molecule has 2 aromatic carbocycles.